The quantitative estimate of drug-likeness (QED) is 0.738. The van der Waals surface area contributed by atoms with Crippen LogP contribution < -0.4 is 4.90 Å². The highest BCUT2D eigenvalue weighted by atomic mass is 15.3. The van der Waals surface area contributed by atoms with Crippen molar-refractivity contribution in [3.8, 4) is 17.1 Å². The number of likely N-dealkylation sites (N-methyl/N-ethyl adjacent to an activating group) is 1. The van der Waals surface area contributed by atoms with E-state index in [4.69, 9.17) is 0 Å². The topological polar surface area (TPSA) is 50.1 Å². The number of hydrogen-bond donors (Lipinski definition) is 0. The molecule has 6 nitrogen and oxygen atoms in total. The molecule has 3 aromatic heterocycles. The first-order valence-electron chi connectivity index (χ1n) is 8.08. The average Bonchev–Trinajstić information content (AvgIpc) is 3.17. The summed E-state index contributed by atoms with van der Waals surface area (Å²) in [5.41, 5.74) is 2.94. The van der Waals surface area contributed by atoms with Crippen LogP contribution in [0.4, 0.5) is 5.69 Å². The number of pyridine rings is 2. The minimum atomic E-state index is 0.748. The molecule has 0 bridgehead atoms. The summed E-state index contributed by atoms with van der Waals surface area (Å²) >= 11 is 0. The molecule has 0 amide bonds. The average molecular weight is 319 g/mol. The van der Waals surface area contributed by atoms with Crippen LogP contribution in [-0.4, -0.2) is 57.9 Å². The third-order valence-corrected chi connectivity index (χ3v) is 4.32. The molecule has 121 valence electrons. The minimum Gasteiger partial charge on any atom is -0.368 e. The molecule has 1 aliphatic heterocycles. The fourth-order valence-corrected chi connectivity index (χ4v) is 2.82. The Labute approximate surface area is 141 Å². The monoisotopic (exact) mass is 319 g/mol. The van der Waals surface area contributed by atoms with Crippen LogP contribution >= 0.6 is 0 Å². The Bertz CT molecular complexity index is 771. The van der Waals surface area contributed by atoms with Gasteiger partial charge in [0.05, 0.1) is 17.6 Å². The van der Waals surface area contributed by atoms with E-state index < -0.39 is 0 Å². The van der Waals surface area contributed by atoms with Crippen LogP contribution in [-0.2, 0) is 0 Å². The maximum absolute atomic E-state index is 4.59. The highest BCUT2D eigenvalue weighted by Gasteiger charge is 2.14. The van der Waals surface area contributed by atoms with Gasteiger partial charge in [-0.05, 0) is 37.4 Å². The summed E-state index contributed by atoms with van der Waals surface area (Å²) in [6.45, 7) is 4.27. The van der Waals surface area contributed by atoms with Crippen molar-refractivity contribution in [1.29, 1.82) is 0 Å². The Morgan fingerprint density at radius 1 is 1.04 bits per heavy atom. The van der Waals surface area contributed by atoms with E-state index in [9.17, 15) is 0 Å². The number of rotatable bonds is 3. The van der Waals surface area contributed by atoms with E-state index in [0.29, 0.717) is 0 Å². The molecule has 0 aromatic carbocycles. The van der Waals surface area contributed by atoms with E-state index in [0.717, 1.165) is 43.3 Å². The van der Waals surface area contributed by atoms with Crippen LogP contribution in [0, 0.1) is 6.20 Å². The van der Waals surface area contributed by atoms with Gasteiger partial charge in [-0.3, -0.25) is 4.98 Å². The van der Waals surface area contributed by atoms with Gasteiger partial charge < -0.3 is 9.80 Å². The van der Waals surface area contributed by atoms with Gasteiger partial charge in [0.1, 0.15) is 6.20 Å². The van der Waals surface area contributed by atoms with Gasteiger partial charge in [-0.25, -0.2) is 9.67 Å². The van der Waals surface area contributed by atoms with E-state index in [2.05, 4.69) is 44.2 Å². The normalized spacial score (nSPS) is 15.6. The molecule has 0 N–H and O–H groups in total. The first-order chi connectivity index (χ1) is 11.8. The molecule has 0 unspecified atom stereocenters. The number of aromatic nitrogens is 4. The highest BCUT2D eigenvalue weighted by Crippen LogP contribution is 2.21. The van der Waals surface area contributed by atoms with E-state index in [-0.39, 0.29) is 0 Å². The summed E-state index contributed by atoms with van der Waals surface area (Å²) in [4.78, 5) is 13.6. The molecule has 1 fully saturated rings. The van der Waals surface area contributed by atoms with E-state index in [1.165, 1.54) is 5.69 Å². The Kier molecular flexibility index (Phi) is 3.96. The van der Waals surface area contributed by atoms with Crippen molar-refractivity contribution in [3.63, 3.8) is 0 Å². The number of piperazine rings is 1. The van der Waals surface area contributed by atoms with Crippen molar-refractivity contribution in [1.82, 2.24) is 24.6 Å². The smallest absolute Gasteiger partial charge is 0.154 e. The van der Waals surface area contributed by atoms with Crippen LogP contribution in [0.5, 0.6) is 0 Å². The van der Waals surface area contributed by atoms with Crippen LogP contribution in [0.3, 0.4) is 0 Å². The van der Waals surface area contributed by atoms with Gasteiger partial charge in [0.2, 0.25) is 0 Å². The lowest BCUT2D eigenvalue weighted by atomic mass is 10.2. The number of nitrogens with zero attached hydrogens (tertiary/aromatic N) is 6. The molecule has 0 atom stereocenters. The van der Waals surface area contributed by atoms with Crippen molar-refractivity contribution in [2.45, 2.75) is 0 Å². The maximum atomic E-state index is 4.59. The lowest BCUT2D eigenvalue weighted by Gasteiger charge is -2.33. The summed E-state index contributed by atoms with van der Waals surface area (Å²) in [7, 11) is 2.16. The summed E-state index contributed by atoms with van der Waals surface area (Å²) in [5.74, 6) is 0.748. The second kappa shape index (κ2) is 6.41. The summed E-state index contributed by atoms with van der Waals surface area (Å²) < 4.78 is 1.71. The Hall–Kier alpha value is -2.73. The molecule has 1 radical (unpaired) electrons. The van der Waals surface area contributed by atoms with Crippen molar-refractivity contribution in [3.05, 3.63) is 55.1 Å². The standard InChI is InChI=1S/C18H19N6/c1-22-9-11-23(12-10-22)16-4-5-17(19-14-16)15-3-6-18(20-13-15)24-8-2-7-21-24/h2-8,14H,9-12H2,1H3. The molecular weight excluding hydrogens is 300 g/mol. The molecule has 0 saturated carbocycles. The van der Waals surface area contributed by atoms with E-state index in [1.54, 1.807) is 10.9 Å². The third-order valence-electron chi connectivity index (χ3n) is 4.32. The largest absolute Gasteiger partial charge is 0.368 e. The van der Waals surface area contributed by atoms with Gasteiger partial charge in [0.15, 0.2) is 5.82 Å². The lowest BCUT2D eigenvalue weighted by Crippen LogP contribution is -2.44. The number of anilines is 1. The van der Waals surface area contributed by atoms with Crippen molar-refractivity contribution < 1.29 is 0 Å². The van der Waals surface area contributed by atoms with Crippen LogP contribution in [0.1, 0.15) is 0 Å². The molecule has 0 aliphatic carbocycles. The Morgan fingerprint density at radius 3 is 2.54 bits per heavy atom. The van der Waals surface area contributed by atoms with Crippen LogP contribution in [0.2, 0.25) is 0 Å². The molecule has 6 heteroatoms. The minimum absolute atomic E-state index is 0.748. The molecule has 1 aliphatic rings. The molecule has 24 heavy (non-hydrogen) atoms. The SMILES string of the molecule is CN1CCN(c2ccc(-c3[c]nc(-n4cccn4)cc3)nc2)CC1. The predicted octanol–water partition coefficient (Wildman–Crippen LogP) is 1.88. The number of hydrogen-bond acceptors (Lipinski definition) is 5. The summed E-state index contributed by atoms with van der Waals surface area (Å²) in [6.07, 6.45) is 8.58. The molecule has 0 spiro atoms. The predicted molar refractivity (Wildman–Crippen MR) is 93.1 cm³/mol. The second-order valence-corrected chi connectivity index (χ2v) is 5.97. The summed E-state index contributed by atoms with van der Waals surface area (Å²) in [5, 5.41) is 4.17. The van der Waals surface area contributed by atoms with E-state index >= 15 is 0 Å². The van der Waals surface area contributed by atoms with Crippen molar-refractivity contribution >= 4 is 5.69 Å². The van der Waals surface area contributed by atoms with Gasteiger partial charge in [0, 0.05) is 44.1 Å². The fourth-order valence-electron chi connectivity index (χ4n) is 2.82. The maximum Gasteiger partial charge on any atom is 0.154 e. The van der Waals surface area contributed by atoms with Gasteiger partial charge in [-0.1, -0.05) is 0 Å². The van der Waals surface area contributed by atoms with Crippen LogP contribution in [0.25, 0.3) is 17.1 Å². The molecule has 3 aromatic rings. The van der Waals surface area contributed by atoms with Gasteiger partial charge in [-0.2, -0.15) is 5.10 Å². The van der Waals surface area contributed by atoms with Gasteiger partial charge in [-0.15, -0.1) is 0 Å². The molecule has 4 rings (SSSR count). The third kappa shape index (κ3) is 3.00. The second-order valence-electron chi connectivity index (χ2n) is 5.97. The molecule has 1 saturated heterocycles. The first-order valence-corrected chi connectivity index (χ1v) is 8.08. The fraction of sp³-hybridized carbons (Fsp3) is 0.278. The first kappa shape index (κ1) is 14.8. The zero-order chi connectivity index (χ0) is 16.4. The molecular formula is C18H19N6. The zero-order valence-electron chi connectivity index (χ0n) is 13.6. The van der Waals surface area contributed by atoms with E-state index in [1.807, 2.05) is 36.7 Å². The highest BCUT2D eigenvalue weighted by molar-refractivity contribution is 5.60. The van der Waals surface area contributed by atoms with Gasteiger partial charge in [0.25, 0.3) is 0 Å². The zero-order valence-corrected chi connectivity index (χ0v) is 13.6. The van der Waals surface area contributed by atoms with Crippen LogP contribution in [0.15, 0.2) is 48.9 Å². The van der Waals surface area contributed by atoms with Crippen molar-refractivity contribution in [2.75, 3.05) is 38.1 Å². The van der Waals surface area contributed by atoms with Crippen molar-refractivity contribution in [2.24, 2.45) is 0 Å². The molecule has 4 heterocycles. The summed E-state index contributed by atoms with van der Waals surface area (Å²) in [6, 6.07) is 9.93. The van der Waals surface area contributed by atoms with Gasteiger partial charge >= 0.3 is 0 Å². The lowest BCUT2D eigenvalue weighted by molar-refractivity contribution is 0.313. The Morgan fingerprint density at radius 2 is 1.92 bits per heavy atom. The Balaban J connectivity index is 1.50.